The first kappa shape index (κ1) is 21.8. The van der Waals surface area contributed by atoms with E-state index in [2.05, 4.69) is 10.2 Å². The zero-order chi connectivity index (χ0) is 22.0. The van der Waals surface area contributed by atoms with Crippen molar-refractivity contribution < 1.29 is 13.2 Å². The van der Waals surface area contributed by atoms with Gasteiger partial charge in [-0.1, -0.05) is 41.4 Å². The molecule has 0 saturated carbocycles. The minimum atomic E-state index is -3.73. The normalized spacial score (nSPS) is 15.1. The summed E-state index contributed by atoms with van der Waals surface area (Å²) in [5.41, 5.74) is 1.65. The second-order valence-corrected chi connectivity index (χ2v) is 9.64. The Bertz CT molecular complexity index is 1180. The lowest BCUT2D eigenvalue weighted by Crippen LogP contribution is -2.49. The molecule has 7 nitrogen and oxygen atoms in total. The lowest BCUT2D eigenvalue weighted by atomic mass is 10.1. The third-order valence-corrected chi connectivity index (χ3v) is 7.98. The van der Waals surface area contributed by atoms with E-state index in [1.165, 1.54) is 10.4 Å². The Morgan fingerprint density at radius 2 is 1.68 bits per heavy atom. The van der Waals surface area contributed by atoms with Crippen molar-refractivity contribution in [2.75, 3.05) is 38.2 Å². The van der Waals surface area contributed by atoms with Crippen LogP contribution in [0.5, 0.6) is 5.75 Å². The predicted octanol–water partition coefficient (Wildman–Crippen LogP) is 3.97. The van der Waals surface area contributed by atoms with Crippen molar-refractivity contribution in [3.63, 3.8) is 0 Å². The van der Waals surface area contributed by atoms with Crippen molar-refractivity contribution in [2.24, 2.45) is 0 Å². The molecule has 0 amide bonds. The van der Waals surface area contributed by atoms with Gasteiger partial charge in [0.15, 0.2) is 5.82 Å². The summed E-state index contributed by atoms with van der Waals surface area (Å²) in [7, 11) is -2.11. The average molecular weight is 479 g/mol. The van der Waals surface area contributed by atoms with Crippen LogP contribution >= 0.6 is 23.2 Å². The van der Waals surface area contributed by atoms with Crippen LogP contribution in [-0.2, 0) is 10.0 Å². The Balaban J connectivity index is 1.45. The standard InChI is InChI=1S/C21H20Cl2N4O3S/c1-30-16-5-2-4-15(14-16)18-8-9-20(25-24-18)26-10-12-27(13-11-26)31(28,29)19-7-3-6-17(22)21(19)23/h2-9,14H,10-13H2,1H3. The second kappa shape index (κ2) is 9.00. The molecule has 0 unspecified atom stereocenters. The molecule has 2 heterocycles. The molecule has 0 N–H and O–H groups in total. The number of ether oxygens (including phenoxy) is 1. The number of rotatable bonds is 5. The summed E-state index contributed by atoms with van der Waals surface area (Å²) in [5, 5.41) is 8.92. The van der Waals surface area contributed by atoms with Gasteiger partial charge in [0, 0.05) is 31.7 Å². The summed E-state index contributed by atoms with van der Waals surface area (Å²) in [6, 6.07) is 16.0. The molecule has 3 aromatic rings. The van der Waals surface area contributed by atoms with Gasteiger partial charge in [0.1, 0.15) is 10.6 Å². The molecule has 1 saturated heterocycles. The van der Waals surface area contributed by atoms with Crippen LogP contribution in [0.4, 0.5) is 5.82 Å². The van der Waals surface area contributed by atoms with Gasteiger partial charge >= 0.3 is 0 Å². The van der Waals surface area contributed by atoms with Gasteiger partial charge in [-0.2, -0.15) is 4.31 Å². The molecule has 0 atom stereocenters. The Labute approximate surface area is 191 Å². The molecule has 1 fully saturated rings. The number of methoxy groups -OCH3 is 1. The Morgan fingerprint density at radius 1 is 0.935 bits per heavy atom. The molecule has 0 bridgehead atoms. The van der Waals surface area contributed by atoms with Gasteiger partial charge in [-0.05, 0) is 36.4 Å². The van der Waals surface area contributed by atoms with Crippen LogP contribution < -0.4 is 9.64 Å². The zero-order valence-corrected chi connectivity index (χ0v) is 19.0. The number of nitrogens with zero attached hydrogens (tertiary/aromatic N) is 4. The van der Waals surface area contributed by atoms with Crippen LogP contribution in [0.3, 0.4) is 0 Å². The van der Waals surface area contributed by atoms with Gasteiger partial charge < -0.3 is 9.64 Å². The maximum absolute atomic E-state index is 13.0. The molecule has 1 aromatic heterocycles. The lowest BCUT2D eigenvalue weighted by Gasteiger charge is -2.34. The maximum Gasteiger partial charge on any atom is 0.244 e. The van der Waals surface area contributed by atoms with E-state index in [-0.39, 0.29) is 14.9 Å². The Morgan fingerprint density at radius 3 is 2.35 bits per heavy atom. The summed E-state index contributed by atoms with van der Waals surface area (Å²) in [6.45, 7) is 1.60. The van der Waals surface area contributed by atoms with E-state index in [9.17, 15) is 8.42 Å². The number of hydrogen-bond acceptors (Lipinski definition) is 6. The van der Waals surface area contributed by atoms with E-state index in [1.807, 2.05) is 41.3 Å². The minimum absolute atomic E-state index is 0.0255. The van der Waals surface area contributed by atoms with Gasteiger partial charge in [-0.15, -0.1) is 10.2 Å². The molecule has 1 aliphatic heterocycles. The fourth-order valence-corrected chi connectivity index (χ4v) is 5.57. The van der Waals surface area contributed by atoms with Crippen molar-refractivity contribution in [3.8, 4) is 17.0 Å². The minimum Gasteiger partial charge on any atom is -0.497 e. The Hall–Kier alpha value is -2.39. The molecule has 2 aromatic carbocycles. The number of sulfonamides is 1. The van der Waals surface area contributed by atoms with E-state index in [4.69, 9.17) is 27.9 Å². The third kappa shape index (κ3) is 4.48. The fraction of sp³-hybridized carbons (Fsp3) is 0.238. The average Bonchev–Trinajstić information content (AvgIpc) is 2.81. The van der Waals surface area contributed by atoms with Gasteiger partial charge in [0.2, 0.25) is 10.0 Å². The van der Waals surface area contributed by atoms with E-state index >= 15 is 0 Å². The molecular weight excluding hydrogens is 459 g/mol. The van der Waals surface area contributed by atoms with E-state index in [0.29, 0.717) is 32.0 Å². The van der Waals surface area contributed by atoms with Crippen molar-refractivity contribution in [1.82, 2.24) is 14.5 Å². The van der Waals surface area contributed by atoms with E-state index < -0.39 is 10.0 Å². The highest BCUT2D eigenvalue weighted by Crippen LogP contribution is 2.31. The molecule has 0 radical (unpaired) electrons. The first-order valence-electron chi connectivity index (χ1n) is 9.57. The Kier molecular flexibility index (Phi) is 6.34. The molecule has 10 heteroatoms. The van der Waals surface area contributed by atoms with Crippen molar-refractivity contribution in [3.05, 3.63) is 64.6 Å². The topological polar surface area (TPSA) is 75.6 Å². The number of halogens is 2. The number of piperazine rings is 1. The van der Waals surface area contributed by atoms with Crippen molar-refractivity contribution in [2.45, 2.75) is 4.90 Å². The van der Waals surface area contributed by atoms with Gasteiger partial charge in [-0.25, -0.2) is 8.42 Å². The molecule has 1 aliphatic rings. The van der Waals surface area contributed by atoms with Crippen LogP contribution in [0.25, 0.3) is 11.3 Å². The quantitative estimate of drug-likeness (QED) is 0.552. The number of hydrogen-bond donors (Lipinski definition) is 0. The highest BCUT2D eigenvalue weighted by atomic mass is 35.5. The van der Waals surface area contributed by atoms with E-state index in [1.54, 1.807) is 19.2 Å². The van der Waals surface area contributed by atoms with Crippen LogP contribution in [0, 0.1) is 0 Å². The fourth-order valence-electron chi connectivity index (χ4n) is 3.41. The predicted molar refractivity (Wildman–Crippen MR) is 121 cm³/mol. The smallest absolute Gasteiger partial charge is 0.244 e. The summed E-state index contributed by atoms with van der Waals surface area (Å²) in [4.78, 5) is 2.03. The largest absolute Gasteiger partial charge is 0.497 e. The number of anilines is 1. The van der Waals surface area contributed by atoms with Crippen LogP contribution in [0.15, 0.2) is 59.5 Å². The summed E-state index contributed by atoms with van der Waals surface area (Å²) >= 11 is 12.1. The van der Waals surface area contributed by atoms with Gasteiger partial charge in [0.25, 0.3) is 0 Å². The van der Waals surface area contributed by atoms with E-state index in [0.717, 1.165) is 17.0 Å². The van der Waals surface area contributed by atoms with Crippen LogP contribution in [0.1, 0.15) is 0 Å². The number of aromatic nitrogens is 2. The SMILES string of the molecule is COc1cccc(-c2ccc(N3CCN(S(=O)(=O)c4cccc(Cl)c4Cl)CC3)nn2)c1. The van der Waals surface area contributed by atoms with Crippen molar-refractivity contribution >= 4 is 39.0 Å². The summed E-state index contributed by atoms with van der Waals surface area (Å²) in [5.74, 6) is 1.45. The molecule has 31 heavy (non-hydrogen) atoms. The first-order valence-corrected chi connectivity index (χ1v) is 11.8. The highest BCUT2D eigenvalue weighted by Gasteiger charge is 2.31. The molecule has 0 aliphatic carbocycles. The molecule has 0 spiro atoms. The summed E-state index contributed by atoms with van der Waals surface area (Å²) < 4.78 is 32.6. The van der Waals surface area contributed by atoms with Crippen LogP contribution in [0.2, 0.25) is 10.0 Å². The molecular formula is C21H20Cl2N4O3S. The van der Waals surface area contributed by atoms with Crippen LogP contribution in [-0.4, -0.2) is 56.2 Å². The monoisotopic (exact) mass is 478 g/mol. The third-order valence-electron chi connectivity index (χ3n) is 5.11. The lowest BCUT2D eigenvalue weighted by molar-refractivity contribution is 0.383. The van der Waals surface area contributed by atoms with Gasteiger partial charge in [0.05, 0.1) is 22.8 Å². The number of benzene rings is 2. The first-order chi connectivity index (χ1) is 14.9. The van der Waals surface area contributed by atoms with Crippen molar-refractivity contribution in [1.29, 1.82) is 0 Å². The zero-order valence-electron chi connectivity index (χ0n) is 16.7. The molecule has 4 rings (SSSR count). The van der Waals surface area contributed by atoms with Gasteiger partial charge in [-0.3, -0.25) is 0 Å². The molecule has 162 valence electrons. The highest BCUT2D eigenvalue weighted by molar-refractivity contribution is 7.89. The summed E-state index contributed by atoms with van der Waals surface area (Å²) in [6.07, 6.45) is 0. The maximum atomic E-state index is 13.0. The second-order valence-electron chi connectivity index (χ2n) is 6.95.